The van der Waals surface area contributed by atoms with E-state index in [1.807, 2.05) is 0 Å². The van der Waals surface area contributed by atoms with E-state index in [2.05, 4.69) is 0 Å². The third-order valence-electron chi connectivity index (χ3n) is 0. The van der Waals surface area contributed by atoms with Crippen molar-refractivity contribution in [2.45, 2.75) is 0 Å². The van der Waals surface area contributed by atoms with Crippen molar-refractivity contribution in [3.8, 4) is 0 Å². The molecular weight excluding hydrogens is 213 g/mol. The Bertz CT molecular complexity index is 84.8. The van der Waals surface area contributed by atoms with Crippen LogP contribution in [0, 0.1) is 0 Å². The summed E-state index contributed by atoms with van der Waals surface area (Å²) in [6.45, 7) is 0. The smallest absolute Gasteiger partial charge is 0.402 e. The average Bonchev–Trinajstić information content (AvgIpc) is 1.19. The molecule has 0 aromatic heterocycles. The molecule has 10 heteroatoms. The molecule has 0 spiro atoms. The van der Waals surface area contributed by atoms with E-state index in [0.29, 0.717) is 0 Å². The molecule has 0 unspecified atom stereocenters. The Kier molecular flexibility index (Phi) is 12.9. The summed E-state index contributed by atoms with van der Waals surface area (Å²) < 4.78 is 8.88. The number of hydrogen-bond donors (Lipinski definition) is 6. The van der Waals surface area contributed by atoms with E-state index in [0.717, 1.165) is 0 Å². The van der Waals surface area contributed by atoms with Crippen molar-refractivity contribution < 1.29 is 51.1 Å². The second-order valence-corrected chi connectivity index (χ2v) is 1.89. The molecule has 0 aliphatic heterocycles. The summed E-state index contributed by atoms with van der Waals surface area (Å²) in [6.07, 6.45) is 0. The molecule has 0 aromatic carbocycles. The first-order valence-corrected chi connectivity index (χ1v) is 3.12. The van der Waals surface area contributed by atoms with Crippen molar-refractivity contribution in [1.82, 2.24) is 0 Å². The van der Waals surface area contributed by atoms with Crippen LogP contribution in [0.15, 0.2) is 0 Å². The van der Waals surface area contributed by atoms with Gasteiger partial charge >= 0.3 is 15.1 Å². The molecule has 0 heterocycles. The van der Waals surface area contributed by atoms with Crippen LogP contribution in [0.1, 0.15) is 0 Å². The monoisotopic (exact) mass is 219 g/mol. The molecule has 10 heavy (non-hydrogen) atoms. The van der Waals surface area contributed by atoms with Gasteiger partial charge in [-0.3, -0.25) is 0 Å². The third-order valence-corrected chi connectivity index (χ3v) is 0. The van der Waals surface area contributed by atoms with Crippen LogP contribution in [0.4, 0.5) is 0 Å². The van der Waals surface area contributed by atoms with Crippen LogP contribution in [-0.2, 0) is 21.3 Å². The van der Waals surface area contributed by atoms with E-state index >= 15 is 0 Å². The normalized spacial score (nSPS) is 8.60. The zero-order chi connectivity index (χ0) is 8.08. The fourth-order valence-electron chi connectivity index (χ4n) is 0. The molecule has 7 nitrogen and oxygen atoms in total. The predicted molar refractivity (Wildman–Crippen MR) is 26.7 cm³/mol. The zero-order valence-electron chi connectivity index (χ0n) is 4.45. The van der Waals surface area contributed by atoms with Crippen LogP contribution in [0.5, 0.6) is 0 Å². The standard InChI is InChI=1S/BH3O3.Co.H3O4P/c2-1(3)4;;1-5(2,3)4/h2-4H;;(H3,1,2,3,4). The van der Waals surface area contributed by atoms with Crippen LogP contribution in [0.25, 0.3) is 0 Å². The first-order chi connectivity index (χ1) is 3.73. The molecule has 0 aliphatic rings. The molecule has 0 bridgehead atoms. The van der Waals surface area contributed by atoms with E-state index in [1.54, 1.807) is 0 Å². The van der Waals surface area contributed by atoms with Crippen LogP contribution in [0.3, 0.4) is 0 Å². The second kappa shape index (κ2) is 7.67. The van der Waals surface area contributed by atoms with Crippen molar-refractivity contribution in [2.75, 3.05) is 0 Å². The quantitative estimate of drug-likeness (QED) is 0.188. The topological polar surface area (TPSA) is 138 Å². The Balaban J connectivity index is -0.0000000910. The molecule has 0 aromatic rings. The maximum atomic E-state index is 8.88. The van der Waals surface area contributed by atoms with Gasteiger partial charge in [-0.25, -0.2) is 4.57 Å². The first kappa shape index (κ1) is 16.9. The van der Waals surface area contributed by atoms with Crippen LogP contribution < -0.4 is 0 Å². The summed E-state index contributed by atoms with van der Waals surface area (Å²) >= 11 is 0. The van der Waals surface area contributed by atoms with Crippen molar-refractivity contribution in [1.29, 1.82) is 0 Å². The fraction of sp³-hybridized carbons (Fsp3) is 0. The van der Waals surface area contributed by atoms with Gasteiger partial charge in [-0.15, -0.1) is 0 Å². The molecule has 0 fully saturated rings. The Morgan fingerprint density at radius 3 is 1.00 bits per heavy atom. The summed E-state index contributed by atoms with van der Waals surface area (Å²) in [4.78, 5) is 21.6. The van der Waals surface area contributed by atoms with Gasteiger partial charge < -0.3 is 29.8 Å². The molecule has 0 rings (SSSR count). The molecule has 0 atom stereocenters. The second-order valence-electron chi connectivity index (χ2n) is 0.860. The zero-order valence-corrected chi connectivity index (χ0v) is 6.38. The van der Waals surface area contributed by atoms with E-state index in [9.17, 15) is 0 Å². The molecule has 0 aliphatic carbocycles. The molecule has 1 radical (unpaired) electrons. The van der Waals surface area contributed by atoms with E-state index in [1.165, 1.54) is 0 Å². The molecule has 6 N–H and O–H groups in total. The minimum Gasteiger partial charge on any atom is -0.402 e. The largest absolute Gasteiger partial charge is 0.631 e. The predicted octanol–water partition coefficient (Wildman–Crippen LogP) is -2.98. The maximum Gasteiger partial charge on any atom is 0.631 e. The van der Waals surface area contributed by atoms with Crippen molar-refractivity contribution in [3.05, 3.63) is 0 Å². The van der Waals surface area contributed by atoms with Gasteiger partial charge in [0.15, 0.2) is 0 Å². The van der Waals surface area contributed by atoms with Gasteiger partial charge in [-0.05, 0) is 0 Å². The summed E-state index contributed by atoms with van der Waals surface area (Å²) in [5, 5.41) is 21.5. The fourth-order valence-corrected chi connectivity index (χ4v) is 0. The molecule has 65 valence electrons. The average molecular weight is 219 g/mol. The minimum absolute atomic E-state index is 0. The van der Waals surface area contributed by atoms with Gasteiger partial charge in [0.25, 0.3) is 0 Å². The van der Waals surface area contributed by atoms with Gasteiger partial charge in [0, 0.05) is 16.8 Å². The van der Waals surface area contributed by atoms with Crippen molar-refractivity contribution in [2.24, 2.45) is 0 Å². The molecular formula is H6BCoO7P. The Morgan fingerprint density at radius 2 is 1.00 bits per heavy atom. The SMILES string of the molecule is O=P(O)(O)O.OB(O)O.[Co]. The van der Waals surface area contributed by atoms with Gasteiger partial charge in [0.05, 0.1) is 0 Å². The summed E-state index contributed by atoms with van der Waals surface area (Å²) in [7, 11) is -6.81. The summed E-state index contributed by atoms with van der Waals surface area (Å²) in [6, 6.07) is 0. The van der Waals surface area contributed by atoms with Crippen molar-refractivity contribution >= 4 is 15.1 Å². The number of hydrogen-bond acceptors (Lipinski definition) is 4. The van der Waals surface area contributed by atoms with E-state index in [4.69, 9.17) is 34.3 Å². The van der Waals surface area contributed by atoms with E-state index in [-0.39, 0.29) is 16.8 Å². The van der Waals surface area contributed by atoms with Gasteiger partial charge in [-0.1, -0.05) is 0 Å². The van der Waals surface area contributed by atoms with Crippen LogP contribution >= 0.6 is 7.82 Å². The number of phosphoric acid groups is 1. The Morgan fingerprint density at radius 1 is 1.00 bits per heavy atom. The summed E-state index contributed by atoms with van der Waals surface area (Å²) in [5.74, 6) is 0. The third kappa shape index (κ3) is 1550. The summed E-state index contributed by atoms with van der Waals surface area (Å²) in [5.41, 5.74) is 0. The minimum atomic E-state index is -4.64. The Hall–Kier alpha value is 0.561. The Labute approximate surface area is 66.9 Å². The van der Waals surface area contributed by atoms with Gasteiger partial charge in [0.1, 0.15) is 0 Å². The van der Waals surface area contributed by atoms with Gasteiger partial charge in [0.2, 0.25) is 0 Å². The van der Waals surface area contributed by atoms with Crippen LogP contribution in [-0.4, -0.2) is 37.1 Å². The molecule has 0 saturated carbocycles. The molecule has 0 saturated heterocycles. The van der Waals surface area contributed by atoms with Crippen molar-refractivity contribution in [3.63, 3.8) is 0 Å². The number of rotatable bonds is 0. The molecule has 0 amide bonds. The maximum absolute atomic E-state index is 8.88. The van der Waals surface area contributed by atoms with E-state index < -0.39 is 15.1 Å². The van der Waals surface area contributed by atoms with Crippen LogP contribution in [0.2, 0.25) is 0 Å². The first-order valence-electron chi connectivity index (χ1n) is 1.56. The van der Waals surface area contributed by atoms with Gasteiger partial charge in [-0.2, -0.15) is 0 Å².